The summed E-state index contributed by atoms with van der Waals surface area (Å²) in [7, 11) is 2.13. The van der Waals surface area contributed by atoms with E-state index in [1.165, 1.54) is 0 Å². The normalized spacial score (nSPS) is 15.7. The predicted molar refractivity (Wildman–Crippen MR) is 124 cm³/mol. The van der Waals surface area contributed by atoms with Crippen molar-refractivity contribution in [1.29, 1.82) is 5.53 Å². The lowest BCUT2D eigenvalue weighted by molar-refractivity contribution is 0.114. The minimum absolute atomic E-state index is 0.217. The Morgan fingerprint density at radius 2 is 1.97 bits per heavy atom. The third-order valence-electron chi connectivity index (χ3n) is 5.40. The van der Waals surface area contributed by atoms with Crippen LogP contribution in [0.5, 0.6) is 5.75 Å². The first-order valence-corrected chi connectivity index (χ1v) is 10.5. The van der Waals surface area contributed by atoms with E-state index in [-0.39, 0.29) is 17.4 Å². The van der Waals surface area contributed by atoms with Crippen LogP contribution in [0.1, 0.15) is 18.4 Å². The number of nitrogens with zero attached hydrogens (tertiary/aromatic N) is 2. The number of aromatic amines is 1. The number of rotatable bonds is 6. The highest BCUT2D eigenvalue weighted by Crippen LogP contribution is 2.23. The number of likely N-dealkylation sites (tertiary alicyclic amines) is 1. The molecular weight excluding hydrogens is 414 g/mol. The van der Waals surface area contributed by atoms with Crippen molar-refractivity contribution in [3.63, 3.8) is 0 Å². The average molecular weight is 438 g/mol. The molecule has 0 radical (unpaired) electrons. The lowest BCUT2D eigenvalue weighted by Gasteiger charge is -2.29. The first-order chi connectivity index (χ1) is 15.0. The molecule has 1 saturated heterocycles. The molecular formula is C23H24ClN5O2. The van der Waals surface area contributed by atoms with E-state index in [0.717, 1.165) is 42.8 Å². The van der Waals surface area contributed by atoms with E-state index >= 15 is 0 Å². The van der Waals surface area contributed by atoms with Crippen molar-refractivity contribution >= 4 is 33.9 Å². The zero-order chi connectivity index (χ0) is 21.8. The predicted octanol–water partition coefficient (Wildman–Crippen LogP) is 5.10. The molecule has 2 heterocycles. The molecule has 0 spiro atoms. The second kappa shape index (κ2) is 9.32. The van der Waals surface area contributed by atoms with Crippen LogP contribution in [-0.2, 0) is 0 Å². The maximum absolute atomic E-state index is 12.5. The van der Waals surface area contributed by atoms with Crippen molar-refractivity contribution in [3.05, 3.63) is 75.7 Å². The van der Waals surface area contributed by atoms with Gasteiger partial charge >= 0.3 is 0 Å². The van der Waals surface area contributed by atoms with Gasteiger partial charge in [-0.05, 0) is 68.4 Å². The number of piperidine rings is 1. The third kappa shape index (κ3) is 5.13. The van der Waals surface area contributed by atoms with Gasteiger partial charge in [-0.1, -0.05) is 11.6 Å². The van der Waals surface area contributed by atoms with Crippen molar-refractivity contribution in [2.45, 2.75) is 18.9 Å². The number of hydrogen-bond acceptors (Lipinski definition) is 6. The lowest BCUT2D eigenvalue weighted by atomic mass is 10.1. The van der Waals surface area contributed by atoms with Gasteiger partial charge in [0, 0.05) is 40.9 Å². The molecule has 3 aromatic rings. The van der Waals surface area contributed by atoms with E-state index in [1.54, 1.807) is 30.5 Å². The standard InChI is InChI=1S/C23H24ClN5O2/c1-29-10-8-19(9-11-29)31-18-5-3-17(4-6-18)26-14-22(28-25)20-13-15-12-16(24)2-7-21(15)27-23(20)30/h2-7,12-14,19,25-26H,8-11H2,1H3,(H,27,30)/b22-14-,28-25?. The molecule has 3 N–H and O–H groups in total. The summed E-state index contributed by atoms with van der Waals surface area (Å²) in [5, 5.41) is 7.97. The summed E-state index contributed by atoms with van der Waals surface area (Å²) >= 11 is 6.05. The number of H-pyrrole nitrogens is 1. The first kappa shape index (κ1) is 21.1. The summed E-state index contributed by atoms with van der Waals surface area (Å²) < 4.78 is 6.07. The van der Waals surface area contributed by atoms with E-state index < -0.39 is 0 Å². The molecule has 7 nitrogen and oxygen atoms in total. The van der Waals surface area contributed by atoms with Crippen LogP contribution in [-0.4, -0.2) is 36.1 Å². The second-order valence-electron chi connectivity index (χ2n) is 7.67. The number of ether oxygens (including phenoxy) is 1. The summed E-state index contributed by atoms with van der Waals surface area (Å²) in [6, 6.07) is 14.5. The number of halogens is 1. The number of aromatic nitrogens is 1. The van der Waals surface area contributed by atoms with Crippen molar-refractivity contribution < 1.29 is 4.74 Å². The number of hydrogen-bond donors (Lipinski definition) is 3. The number of pyridine rings is 1. The van der Waals surface area contributed by atoms with Crippen molar-refractivity contribution in [2.75, 3.05) is 25.5 Å². The zero-order valence-electron chi connectivity index (χ0n) is 17.2. The SMILES string of the molecule is CN1CCC(Oc2ccc(N/C=C(\N=N)c3cc4cc(Cl)ccc4[nH]c3=O)cc2)CC1. The monoisotopic (exact) mass is 437 g/mol. The molecule has 1 fully saturated rings. The summed E-state index contributed by atoms with van der Waals surface area (Å²) in [5.74, 6) is 0.831. The highest BCUT2D eigenvalue weighted by Gasteiger charge is 2.17. The largest absolute Gasteiger partial charge is 0.490 e. The molecule has 0 saturated carbocycles. The molecule has 31 heavy (non-hydrogen) atoms. The smallest absolute Gasteiger partial charge is 0.258 e. The van der Waals surface area contributed by atoms with Crippen LogP contribution in [0.3, 0.4) is 0 Å². The fourth-order valence-electron chi connectivity index (χ4n) is 3.61. The van der Waals surface area contributed by atoms with Crippen LogP contribution in [0.15, 0.2) is 64.6 Å². The highest BCUT2D eigenvalue weighted by molar-refractivity contribution is 6.31. The summed E-state index contributed by atoms with van der Waals surface area (Å²) in [5.41, 5.74) is 9.19. The molecule has 8 heteroatoms. The highest BCUT2D eigenvalue weighted by atomic mass is 35.5. The summed E-state index contributed by atoms with van der Waals surface area (Å²) in [6.07, 6.45) is 3.84. The Bertz CT molecular complexity index is 1160. The Labute approximate surface area is 185 Å². The van der Waals surface area contributed by atoms with Crippen LogP contribution in [0.25, 0.3) is 16.6 Å². The van der Waals surface area contributed by atoms with Gasteiger partial charge in [0.2, 0.25) is 0 Å². The maximum Gasteiger partial charge on any atom is 0.258 e. The van der Waals surface area contributed by atoms with Gasteiger partial charge in [-0.25, -0.2) is 5.53 Å². The number of anilines is 1. The lowest BCUT2D eigenvalue weighted by Crippen LogP contribution is -2.35. The molecule has 0 aliphatic carbocycles. The molecule has 1 aliphatic rings. The number of benzene rings is 2. The molecule has 0 atom stereocenters. The van der Waals surface area contributed by atoms with Crippen LogP contribution in [0, 0.1) is 5.53 Å². The Balaban J connectivity index is 1.48. The maximum atomic E-state index is 12.5. The van der Waals surface area contributed by atoms with Gasteiger partial charge in [0.15, 0.2) is 0 Å². The molecule has 4 rings (SSSR count). The fourth-order valence-corrected chi connectivity index (χ4v) is 3.80. The second-order valence-corrected chi connectivity index (χ2v) is 8.11. The van der Waals surface area contributed by atoms with E-state index in [9.17, 15) is 4.79 Å². The van der Waals surface area contributed by atoms with Gasteiger partial charge in [0.25, 0.3) is 5.56 Å². The first-order valence-electron chi connectivity index (χ1n) is 10.1. The molecule has 0 bridgehead atoms. The van der Waals surface area contributed by atoms with Crippen molar-refractivity contribution in [1.82, 2.24) is 9.88 Å². The van der Waals surface area contributed by atoms with Gasteiger partial charge in [0.1, 0.15) is 17.6 Å². The van der Waals surface area contributed by atoms with E-state index in [1.807, 2.05) is 24.3 Å². The summed E-state index contributed by atoms with van der Waals surface area (Å²) in [6.45, 7) is 2.10. The summed E-state index contributed by atoms with van der Waals surface area (Å²) in [4.78, 5) is 17.6. The average Bonchev–Trinajstić information content (AvgIpc) is 2.77. The van der Waals surface area contributed by atoms with Crippen LogP contribution in [0.4, 0.5) is 5.69 Å². The minimum Gasteiger partial charge on any atom is -0.490 e. The molecule has 0 amide bonds. The Morgan fingerprint density at radius 3 is 2.68 bits per heavy atom. The molecule has 1 aliphatic heterocycles. The van der Waals surface area contributed by atoms with Crippen LogP contribution < -0.4 is 15.6 Å². The Kier molecular flexibility index (Phi) is 6.34. The van der Waals surface area contributed by atoms with Crippen LogP contribution >= 0.6 is 11.6 Å². The van der Waals surface area contributed by atoms with Gasteiger partial charge in [-0.2, -0.15) is 5.11 Å². The van der Waals surface area contributed by atoms with Crippen LogP contribution in [0.2, 0.25) is 5.02 Å². The van der Waals surface area contributed by atoms with E-state index in [2.05, 4.69) is 27.4 Å². The van der Waals surface area contributed by atoms with E-state index in [0.29, 0.717) is 16.1 Å². The fraction of sp³-hybridized carbons (Fsp3) is 0.261. The topological polar surface area (TPSA) is 93.6 Å². The molecule has 160 valence electrons. The Hall–Kier alpha value is -3.16. The van der Waals surface area contributed by atoms with Gasteiger partial charge < -0.3 is 19.9 Å². The molecule has 1 aromatic heterocycles. The zero-order valence-corrected chi connectivity index (χ0v) is 17.9. The number of nitrogens with one attached hydrogen (secondary N) is 3. The van der Waals surface area contributed by atoms with Crippen molar-refractivity contribution in [2.24, 2.45) is 5.11 Å². The minimum atomic E-state index is -0.319. The molecule has 2 aromatic carbocycles. The van der Waals surface area contributed by atoms with Gasteiger partial charge in [-0.15, -0.1) is 0 Å². The Morgan fingerprint density at radius 1 is 1.23 bits per heavy atom. The van der Waals surface area contributed by atoms with Gasteiger partial charge in [0.05, 0.1) is 5.56 Å². The van der Waals surface area contributed by atoms with Gasteiger partial charge in [-0.3, -0.25) is 4.79 Å². The van der Waals surface area contributed by atoms with Crippen molar-refractivity contribution in [3.8, 4) is 5.75 Å². The number of fused-ring (bicyclic) bond motifs is 1. The molecule has 0 unspecified atom stereocenters. The quantitative estimate of drug-likeness (QED) is 0.468. The third-order valence-corrected chi connectivity index (χ3v) is 5.64. The van der Waals surface area contributed by atoms with E-state index in [4.69, 9.17) is 21.9 Å².